The van der Waals surface area contributed by atoms with Crippen LogP contribution in [0.3, 0.4) is 0 Å². The molecule has 0 aromatic carbocycles. The lowest BCUT2D eigenvalue weighted by Gasteiger charge is -2.45. The molecule has 1 spiro atoms. The van der Waals surface area contributed by atoms with E-state index in [1.807, 2.05) is 0 Å². The molecule has 0 bridgehead atoms. The maximum absolute atomic E-state index is 12.7. The van der Waals surface area contributed by atoms with Crippen molar-refractivity contribution in [3.05, 3.63) is 0 Å². The monoisotopic (exact) mass is 185 g/mol. The van der Waals surface area contributed by atoms with Gasteiger partial charge in [-0.25, -0.2) is 8.78 Å². The number of hydrogen-bond acceptors (Lipinski definition) is 2. The summed E-state index contributed by atoms with van der Waals surface area (Å²) >= 11 is 0. The summed E-state index contributed by atoms with van der Waals surface area (Å²) in [6.45, 7) is 0.560. The van der Waals surface area contributed by atoms with Gasteiger partial charge in [-0.3, -0.25) is 0 Å². The van der Waals surface area contributed by atoms with Gasteiger partial charge in [-0.15, -0.1) is 12.4 Å². The highest BCUT2D eigenvalue weighted by Crippen LogP contribution is 2.45. The van der Waals surface area contributed by atoms with E-state index in [1.165, 1.54) is 0 Å². The maximum atomic E-state index is 12.7. The minimum Gasteiger partial charge on any atom is -0.361 e. The van der Waals surface area contributed by atoms with Crippen LogP contribution < -0.4 is 5.32 Å². The number of halogens is 3. The molecule has 2 aliphatic heterocycles. The normalized spacial score (nSPS) is 39.8. The van der Waals surface area contributed by atoms with E-state index >= 15 is 0 Å². The fourth-order valence-electron chi connectivity index (χ4n) is 1.49. The Balaban J connectivity index is 0.000000605. The molecule has 1 unspecified atom stereocenters. The van der Waals surface area contributed by atoms with E-state index in [0.29, 0.717) is 19.5 Å². The first-order valence-electron chi connectivity index (χ1n) is 3.39. The molecule has 66 valence electrons. The van der Waals surface area contributed by atoms with E-state index in [4.69, 9.17) is 4.74 Å². The summed E-state index contributed by atoms with van der Waals surface area (Å²) in [6.07, 6.45) is 0.444. The van der Waals surface area contributed by atoms with E-state index in [0.717, 1.165) is 0 Å². The van der Waals surface area contributed by atoms with E-state index in [2.05, 4.69) is 5.32 Å². The fourth-order valence-corrected chi connectivity index (χ4v) is 1.49. The standard InChI is InChI=1S/C6H9F2NO.ClH/c7-6(8)4-10-5(6)1-2-9-3-5;/h9H,1-4H2;1H. The van der Waals surface area contributed by atoms with E-state index in [9.17, 15) is 8.78 Å². The topological polar surface area (TPSA) is 21.3 Å². The van der Waals surface area contributed by atoms with Crippen molar-refractivity contribution in [2.75, 3.05) is 19.7 Å². The smallest absolute Gasteiger partial charge is 0.300 e. The van der Waals surface area contributed by atoms with Crippen LogP contribution in [0.25, 0.3) is 0 Å². The Morgan fingerprint density at radius 1 is 1.36 bits per heavy atom. The third-order valence-corrected chi connectivity index (χ3v) is 2.31. The summed E-state index contributed by atoms with van der Waals surface area (Å²) in [7, 11) is 0. The number of ether oxygens (including phenoxy) is 1. The summed E-state index contributed by atoms with van der Waals surface area (Å²) in [5.74, 6) is -2.59. The highest BCUT2D eigenvalue weighted by atomic mass is 35.5. The van der Waals surface area contributed by atoms with Crippen molar-refractivity contribution in [1.82, 2.24) is 5.32 Å². The Morgan fingerprint density at radius 3 is 2.27 bits per heavy atom. The van der Waals surface area contributed by atoms with Gasteiger partial charge in [-0.1, -0.05) is 0 Å². The molecule has 0 aromatic heterocycles. The van der Waals surface area contributed by atoms with E-state index in [-0.39, 0.29) is 12.4 Å². The second-order valence-electron chi connectivity index (χ2n) is 2.91. The molecular formula is C6H10ClF2NO. The minimum atomic E-state index is -2.59. The van der Waals surface area contributed by atoms with Gasteiger partial charge in [-0.05, 0) is 13.0 Å². The van der Waals surface area contributed by atoms with Gasteiger partial charge in [-0.2, -0.15) is 0 Å². The first kappa shape index (κ1) is 9.16. The second-order valence-corrected chi connectivity index (χ2v) is 2.91. The van der Waals surface area contributed by atoms with Crippen LogP contribution in [0.4, 0.5) is 8.78 Å². The van der Waals surface area contributed by atoms with Gasteiger partial charge >= 0.3 is 5.92 Å². The molecule has 11 heavy (non-hydrogen) atoms. The molecule has 0 aromatic rings. The lowest BCUT2D eigenvalue weighted by molar-refractivity contribution is -0.319. The summed E-state index contributed by atoms with van der Waals surface area (Å²) in [4.78, 5) is 0. The summed E-state index contributed by atoms with van der Waals surface area (Å²) in [5.41, 5.74) is -1.13. The molecule has 0 saturated carbocycles. The highest BCUT2D eigenvalue weighted by molar-refractivity contribution is 5.85. The molecule has 5 heteroatoms. The minimum absolute atomic E-state index is 0. The lowest BCUT2D eigenvalue weighted by atomic mass is 9.90. The Bertz CT molecular complexity index is 159. The fraction of sp³-hybridized carbons (Fsp3) is 1.00. The lowest BCUT2D eigenvalue weighted by Crippen LogP contribution is -2.64. The Hall–Kier alpha value is 0.0700. The van der Waals surface area contributed by atoms with Gasteiger partial charge in [0.25, 0.3) is 0 Å². The van der Waals surface area contributed by atoms with Crippen LogP contribution >= 0.6 is 12.4 Å². The van der Waals surface area contributed by atoms with Crippen molar-refractivity contribution in [2.24, 2.45) is 0 Å². The number of alkyl halides is 2. The Kier molecular flexibility index (Phi) is 2.11. The Labute approximate surface area is 69.7 Å². The number of rotatable bonds is 0. The van der Waals surface area contributed by atoms with Crippen LogP contribution in [-0.4, -0.2) is 31.2 Å². The van der Waals surface area contributed by atoms with Crippen molar-refractivity contribution in [3.63, 3.8) is 0 Å². The van der Waals surface area contributed by atoms with Crippen LogP contribution in [0.1, 0.15) is 6.42 Å². The SMILES string of the molecule is Cl.FC1(F)COC12CCNC2. The van der Waals surface area contributed by atoms with Gasteiger partial charge < -0.3 is 10.1 Å². The van der Waals surface area contributed by atoms with Crippen LogP contribution in [-0.2, 0) is 4.74 Å². The quantitative estimate of drug-likeness (QED) is 0.603. The van der Waals surface area contributed by atoms with Gasteiger partial charge in [0.2, 0.25) is 0 Å². The van der Waals surface area contributed by atoms with Crippen molar-refractivity contribution in [2.45, 2.75) is 17.9 Å². The molecule has 2 saturated heterocycles. The first-order valence-corrected chi connectivity index (χ1v) is 3.39. The molecule has 0 aliphatic carbocycles. The predicted octanol–water partition coefficient (Wildman–Crippen LogP) is 0.806. The molecule has 0 radical (unpaired) electrons. The Morgan fingerprint density at radius 2 is 2.09 bits per heavy atom. The third-order valence-electron chi connectivity index (χ3n) is 2.31. The summed E-state index contributed by atoms with van der Waals surface area (Å²) in [5, 5.41) is 2.87. The molecule has 0 amide bonds. The van der Waals surface area contributed by atoms with Crippen LogP contribution in [0, 0.1) is 0 Å². The molecular weight excluding hydrogens is 176 g/mol. The molecule has 2 rings (SSSR count). The molecule has 2 heterocycles. The van der Waals surface area contributed by atoms with E-state index in [1.54, 1.807) is 0 Å². The summed E-state index contributed by atoms with van der Waals surface area (Å²) in [6, 6.07) is 0. The van der Waals surface area contributed by atoms with Crippen LogP contribution in [0.5, 0.6) is 0 Å². The zero-order chi connectivity index (χ0) is 7.24. The maximum Gasteiger partial charge on any atom is 0.300 e. The van der Waals surface area contributed by atoms with Crippen molar-refractivity contribution >= 4 is 12.4 Å². The summed E-state index contributed by atoms with van der Waals surface area (Å²) < 4.78 is 30.3. The van der Waals surface area contributed by atoms with Gasteiger partial charge in [0.1, 0.15) is 12.2 Å². The van der Waals surface area contributed by atoms with Gasteiger partial charge in [0.15, 0.2) is 0 Å². The van der Waals surface area contributed by atoms with Crippen molar-refractivity contribution < 1.29 is 13.5 Å². The number of hydrogen-bond donors (Lipinski definition) is 1. The first-order chi connectivity index (χ1) is 4.66. The van der Waals surface area contributed by atoms with Gasteiger partial charge in [0.05, 0.1) is 0 Å². The van der Waals surface area contributed by atoms with E-state index < -0.39 is 18.1 Å². The zero-order valence-electron chi connectivity index (χ0n) is 5.90. The molecule has 2 nitrogen and oxygen atoms in total. The zero-order valence-corrected chi connectivity index (χ0v) is 6.72. The van der Waals surface area contributed by atoms with Crippen molar-refractivity contribution in [3.8, 4) is 0 Å². The van der Waals surface area contributed by atoms with Gasteiger partial charge in [0, 0.05) is 6.54 Å². The highest BCUT2D eigenvalue weighted by Gasteiger charge is 2.64. The average molecular weight is 186 g/mol. The number of nitrogens with one attached hydrogen (secondary N) is 1. The molecule has 2 aliphatic rings. The molecule has 1 atom stereocenters. The van der Waals surface area contributed by atoms with Crippen LogP contribution in [0.2, 0.25) is 0 Å². The predicted molar refractivity (Wildman–Crippen MR) is 38.4 cm³/mol. The van der Waals surface area contributed by atoms with Crippen LogP contribution in [0.15, 0.2) is 0 Å². The third kappa shape index (κ3) is 1.04. The second kappa shape index (κ2) is 2.54. The average Bonchev–Trinajstić information content (AvgIpc) is 2.34. The van der Waals surface area contributed by atoms with Crippen molar-refractivity contribution in [1.29, 1.82) is 0 Å². The molecule has 1 N–H and O–H groups in total. The largest absolute Gasteiger partial charge is 0.361 e. The molecule has 2 fully saturated rings.